The van der Waals surface area contributed by atoms with E-state index in [1.807, 2.05) is 6.92 Å². The van der Waals surface area contributed by atoms with E-state index in [9.17, 15) is 21.6 Å². The molecule has 1 fully saturated rings. The van der Waals surface area contributed by atoms with Gasteiger partial charge >= 0.3 is 0 Å². The summed E-state index contributed by atoms with van der Waals surface area (Å²) in [6.07, 6.45) is 0.184. The van der Waals surface area contributed by atoms with Crippen LogP contribution in [0, 0.1) is 6.92 Å². The average molecular weight is 530 g/mol. The summed E-state index contributed by atoms with van der Waals surface area (Å²) in [5.74, 6) is -0.752. The number of aliphatic imine (C=N–C) groups is 1. The second-order valence-corrected chi connectivity index (χ2v) is 13.1. The Morgan fingerprint density at radius 2 is 1.40 bits per heavy atom. The average Bonchev–Trinajstić information content (AvgIpc) is 3.10. The van der Waals surface area contributed by atoms with Crippen LogP contribution in [0.5, 0.6) is 0 Å². The Morgan fingerprint density at radius 1 is 0.829 bits per heavy atom. The molecule has 1 saturated heterocycles. The Hall–Kier alpha value is -3.15. The van der Waals surface area contributed by atoms with Gasteiger partial charge in [-0.25, -0.2) is 13.4 Å². The fourth-order valence-corrected chi connectivity index (χ4v) is 9.02. The van der Waals surface area contributed by atoms with Crippen molar-refractivity contribution in [1.29, 1.82) is 0 Å². The number of hydrogen-bond acceptors (Lipinski definition) is 6. The molecule has 0 N–H and O–H groups in total. The predicted molar refractivity (Wildman–Crippen MR) is 136 cm³/mol. The van der Waals surface area contributed by atoms with E-state index in [0.717, 1.165) is 5.56 Å². The Kier molecular flexibility index (Phi) is 7.02. The minimum absolute atomic E-state index is 0.0475. The summed E-state index contributed by atoms with van der Waals surface area (Å²) in [5, 5.41) is -1.20. The number of amidine groups is 1. The lowest BCUT2D eigenvalue weighted by Crippen LogP contribution is -2.37. The number of hydrogen-bond donors (Lipinski definition) is 0. The van der Waals surface area contributed by atoms with E-state index in [1.165, 1.54) is 24.3 Å². The topological polar surface area (TPSA) is 113 Å². The van der Waals surface area contributed by atoms with Crippen molar-refractivity contribution in [3.63, 3.8) is 0 Å². The lowest BCUT2D eigenvalue weighted by molar-refractivity contribution is -0.122. The fraction of sp³-hybridized carbons (Fsp3) is 0.167. The van der Waals surface area contributed by atoms with Crippen LogP contribution in [0.1, 0.15) is 18.9 Å². The molecule has 11 heteroatoms. The van der Waals surface area contributed by atoms with Crippen molar-refractivity contribution in [1.82, 2.24) is 4.31 Å². The molecular weight excluding hydrogens is 506 g/mol. The number of benzene rings is 3. The normalized spacial score (nSPS) is 20.0. The molecule has 1 amide bonds. The first-order valence-corrected chi connectivity index (χ1v) is 14.8. The number of rotatable bonds is 6. The molecule has 182 valence electrons. The number of carbonyl (C=O) groups is 1. The van der Waals surface area contributed by atoms with Crippen LogP contribution in [0.15, 0.2) is 103 Å². The molecule has 0 radical (unpaired) electrons. The third-order valence-electron chi connectivity index (χ3n) is 5.24. The monoisotopic (exact) mass is 529 g/mol. The highest BCUT2D eigenvalue weighted by Gasteiger charge is 2.49. The maximum absolute atomic E-state index is 13.6. The molecule has 1 aliphatic rings. The summed E-state index contributed by atoms with van der Waals surface area (Å²) in [6.45, 7) is 3.51. The number of aryl methyl sites for hydroxylation is 1. The maximum atomic E-state index is 13.6. The van der Waals surface area contributed by atoms with Crippen molar-refractivity contribution in [3.8, 4) is 0 Å². The van der Waals surface area contributed by atoms with E-state index in [2.05, 4.69) is 8.76 Å². The quantitative estimate of drug-likeness (QED) is 0.475. The molecular formula is C24H23N3O5S3. The van der Waals surface area contributed by atoms with Gasteiger partial charge in [-0.1, -0.05) is 61.0 Å². The van der Waals surface area contributed by atoms with Crippen LogP contribution >= 0.6 is 0 Å². The molecule has 0 aromatic heterocycles. The first-order valence-electron chi connectivity index (χ1n) is 10.7. The Labute approximate surface area is 207 Å². The second-order valence-electron chi connectivity index (χ2n) is 7.72. The molecule has 2 atom stereocenters. The van der Waals surface area contributed by atoms with E-state index >= 15 is 0 Å². The summed E-state index contributed by atoms with van der Waals surface area (Å²) in [6, 6.07) is 22.1. The molecule has 1 aliphatic heterocycles. The van der Waals surface area contributed by atoms with Gasteiger partial charge in [0.15, 0.2) is 5.17 Å². The lowest BCUT2D eigenvalue weighted by atomic mass is 10.2. The lowest BCUT2D eigenvalue weighted by Gasteiger charge is -2.17. The van der Waals surface area contributed by atoms with Crippen LogP contribution in [0.2, 0.25) is 0 Å². The van der Waals surface area contributed by atoms with Crippen LogP contribution < -0.4 is 0 Å². The molecule has 2 unspecified atom stereocenters. The van der Waals surface area contributed by atoms with Gasteiger partial charge in [-0.15, -0.1) is 3.77 Å². The van der Waals surface area contributed by atoms with Crippen LogP contribution in [-0.4, -0.2) is 37.5 Å². The van der Waals surface area contributed by atoms with Crippen molar-refractivity contribution in [2.45, 2.75) is 35.3 Å². The van der Waals surface area contributed by atoms with Crippen molar-refractivity contribution < 1.29 is 21.6 Å². The number of amides is 1. The summed E-state index contributed by atoms with van der Waals surface area (Å²) in [4.78, 5) is 17.8. The third kappa shape index (κ3) is 4.97. The zero-order valence-electron chi connectivity index (χ0n) is 19.0. The van der Waals surface area contributed by atoms with Gasteiger partial charge in [-0.05, 0) is 60.4 Å². The standard InChI is InChI=1S/C24H23N3O5S3/c1-3-22-23(28)27(35(31,32)21-16-14-18(2)15-17-21)24(25-19-10-6-4-7-11-19)33(22)26-34(29,30)20-12-8-5-9-13-20/h4-17,22H,3H2,1-2H3. The van der Waals surface area contributed by atoms with E-state index in [1.54, 1.807) is 67.6 Å². The molecule has 0 spiro atoms. The molecule has 0 bridgehead atoms. The number of carbonyl (C=O) groups excluding carboxylic acids is 1. The smallest absolute Gasteiger partial charge is 0.272 e. The minimum atomic E-state index is -4.36. The molecule has 3 aromatic carbocycles. The van der Waals surface area contributed by atoms with Gasteiger partial charge < -0.3 is 0 Å². The second kappa shape index (κ2) is 9.84. The SMILES string of the molecule is CCC1C(=O)N(S(=O)(=O)c2ccc(C)cc2)C(=Nc2ccccc2)S1=NS(=O)(=O)c1ccccc1. The van der Waals surface area contributed by atoms with Gasteiger partial charge in [0.25, 0.3) is 26.0 Å². The highest BCUT2D eigenvalue weighted by atomic mass is 32.3. The number of nitrogens with zero attached hydrogens (tertiary/aromatic N) is 3. The summed E-state index contributed by atoms with van der Waals surface area (Å²) >= 11 is 0. The third-order valence-corrected chi connectivity index (χ3v) is 11.1. The van der Waals surface area contributed by atoms with E-state index in [4.69, 9.17) is 0 Å². The fourth-order valence-electron chi connectivity index (χ4n) is 3.43. The first kappa shape index (κ1) is 25.0. The molecule has 3 aromatic rings. The molecule has 8 nitrogen and oxygen atoms in total. The van der Waals surface area contributed by atoms with Crippen LogP contribution in [-0.2, 0) is 35.5 Å². The zero-order valence-corrected chi connectivity index (χ0v) is 21.4. The molecule has 4 rings (SSSR count). The molecule has 1 heterocycles. The van der Waals surface area contributed by atoms with E-state index < -0.39 is 41.9 Å². The van der Waals surface area contributed by atoms with Gasteiger partial charge in [0, 0.05) is 0 Å². The van der Waals surface area contributed by atoms with Crippen molar-refractivity contribution in [2.75, 3.05) is 0 Å². The number of para-hydroxylation sites is 1. The zero-order chi connectivity index (χ0) is 25.2. The van der Waals surface area contributed by atoms with Crippen LogP contribution in [0.3, 0.4) is 0 Å². The van der Waals surface area contributed by atoms with Gasteiger partial charge in [0.05, 0.1) is 15.5 Å². The largest absolute Gasteiger partial charge is 0.288 e. The Morgan fingerprint density at radius 3 is 1.97 bits per heavy atom. The Bertz CT molecular complexity index is 1520. The first-order chi connectivity index (χ1) is 16.6. The van der Waals surface area contributed by atoms with E-state index in [0.29, 0.717) is 9.99 Å². The molecule has 35 heavy (non-hydrogen) atoms. The molecule has 0 saturated carbocycles. The van der Waals surface area contributed by atoms with Gasteiger partial charge in [0.2, 0.25) is 0 Å². The van der Waals surface area contributed by atoms with E-state index in [-0.39, 0.29) is 21.4 Å². The number of sulfonamides is 2. The van der Waals surface area contributed by atoms with Gasteiger partial charge in [0.1, 0.15) is 5.25 Å². The van der Waals surface area contributed by atoms with Crippen LogP contribution in [0.25, 0.3) is 0 Å². The highest BCUT2D eigenvalue weighted by Crippen LogP contribution is 2.32. The van der Waals surface area contributed by atoms with Crippen molar-refractivity contribution in [2.24, 2.45) is 8.76 Å². The minimum Gasteiger partial charge on any atom is -0.272 e. The Balaban J connectivity index is 1.96. The summed E-state index contributed by atoms with van der Waals surface area (Å²) in [7, 11) is -10.2. The predicted octanol–water partition coefficient (Wildman–Crippen LogP) is 4.18. The maximum Gasteiger partial charge on any atom is 0.288 e. The van der Waals surface area contributed by atoms with Gasteiger partial charge in [-0.2, -0.15) is 12.7 Å². The van der Waals surface area contributed by atoms with Crippen molar-refractivity contribution in [3.05, 3.63) is 90.5 Å². The highest BCUT2D eigenvalue weighted by molar-refractivity contribution is 8.11. The van der Waals surface area contributed by atoms with Crippen LogP contribution in [0.4, 0.5) is 5.69 Å². The molecule has 0 aliphatic carbocycles. The summed E-state index contributed by atoms with van der Waals surface area (Å²) in [5.41, 5.74) is 1.23. The summed E-state index contributed by atoms with van der Waals surface area (Å²) < 4.78 is 58.2. The van der Waals surface area contributed by atoms with Gasteiger partial charge in [-0.3, -0.25) is 4.79 Å². The van der Waals surface area contributed by atoms with Crippen molar-refractivity contribution >= 4 is 47.5 Å².